The van der Waals surface area contributed by atoms with Crippen molar-refractivity contribution < 1.29 is 4.74 Å². The van der Waals surface area contributed by atoms with Crippen LogP contribution in [0.2, 0.25) is 0 Å². The normalized spacial score (nSPS) is 16.9. The number of guanidine groups is 1. The fourth-order valence-corrected chi connectivity index (χ4v) is 4.02. The Morgan fingerprint density at radius 1 is 1.29 bits per heavy atom. The van der Waals surface area contributed by atoms with Gasteiger partial charge in [0.25, 0.3) is 0 Å². The molecule has 3 N–H and O–H groups in total. The quantitative estimate of drug-likeness (QED) is 0.383. The number of rotatable bonds is 8. The van der Waals surface area contributed by atoms with E-state index >= 15 is 0 Å². The molecule has 2 aromatic heterocycles. The van der Waals surface area contributed by atoms with E-state index in [1.807, 2.05) is 18.5 Å². The Bertz CT molecular complexity index is 1030. The van der Waals surface area contributed by atoms with Crippen LogP contribution in [-0.2, 0) is 31.2 Å². The Labute approximate surface area is 183 Å². The second-order valence-corrected chi connectivity index (χ2v) is 8.09. The van der Waals surface area contributed by atoms with Crippen LogP contribution in [0, 0.1) is 6.92 Å². The molecule has 4 rings (SSSR count). The van der Waals surface area contributed by atoms with Gasteiger partial charge in [-0.3, -0.25) is 0 Å². The summed E-state index contributed by atoms with van der Waals surface area (Å²) in [6.45, 7) is 7.02. The molecular weight excluding hydrogens is 390 g/mol. The summed E-state index contributed by atoms with van der Waals surface area (Å²) in [5, 5.41) is 16.6. The Morgan fingerprint density at radius 2 is 2.19 bits per heavy atom. The molecule has 3 aromatic rings. The number of nitrogens with zero attached hydrogens (tertiary/aromatic N) is 4. The van der Waals surface area contributed by atoms with Gasteiger partial charge in [-0.05, 0) is 43.7 Å². The first-order valence-electron chi connectivity index (χ1n) is 11.2. The van der Waals surface area contributed by atoms with Crippen LogP contribution in [0.4, 0.5) is 0 Å². The molecule has 1 aliphatic heterocycles. The van der Waals surface area contributed by atoms with E-state index in [4.69, 9.17) is 9.73 Å². The first-order chi connectivity index (χ1) is 15.2. The molecule has 31 heavy (non-hydrogen) atoms. The van der Waals surface area contributed by atoms with Crippen LogP contribution >= 0.6 is 0 Å². The van der Waals surface area contributed by atoms with E-state index in [0.717, 1.165) is 63.0 Å². The highest BCUT2D eigenvalue weighted by molar-refractivity contribution is 5.86. The van der Waals surface area contributed by atoms with Crippen LogP contribution < -0.4 is 10.6 Å². The Balaban J connectivity index is 1.40. The smallest absolute Gasteiger partial charge is 0.191 e. The monoisotopic (exact) mass is 423 g/mol. The Morgan fingerprint density at radius 3 is 2.94 bits per heavy atom. The van der Waals surface area contributed by atoms with E-state index in [1.165, 1.54) is 22.0 Å². The summed E-state index contributed by atoms with van der Waals surface area (Å²) in [5.41, 5.74) is 3.93. The lowest BCUT2D eigenvalue weighted by atomic mass is 10.1. The second kappa shape index (κ2) is 9.96. The molecule has 1 atom stereocenters. The standard InChI is InChI=1S/C23H33N7O/c1-4-17-7-5-9-20-18(13-25-22(17)20)10-11-24-23(26-14-19-8-6-12-31-19)27-15-21-29-28-16(2)30(21)3/h5,7,9,13,19,25H,4,6,8,10-12,14-15H2,1-3H3,(H2,24,26,27). The van der Waals surface area contributed by atoms with Crippen molar-refractivity contribution in [1.82, 2.24) is 30.4 Å². The largest absolute Gasteiger partial charge is 0.376 e. The molecule has 0 bridgehead atoms. The highest BCUT2D eigenvalue weighted by Crippen LogP contribution is 2.22. The first-order valence-corrected chi connectivity index (χ1v) is 11.2. The van der Waals surface area contributed by atoms with Crippen molar-refractivity contribution in [3.8, 4) is 0 Å². The molecule has 1 unspecified atom stereocenters. The number of nitrogens with one attached hydrogen (secondary N) is 3. The summed E-state index contributed by atoms with van der Waals surface area (Å²) < 4.78 is 7.72. The van der Waals surface area contributed by atoms with Gasteiger partial charge in [0.2, 0.25) is 0 Å². The number of aromatic nitrogens is 4. The lowest BCUT2D eigenvalue weighted by Crippen LogP contribution is -2.42. The molecule has 0 radical (unpaired) electrons. The molecule has 0 spiro atoms. The van der Waals surface area contributed by atoms with Crippen molar-refractivity contribution in [3.63, 3.8) is 0 Å². The van der Waals surface area contributed by atoms with E-state index < -0.39 is 0 Å². The van der Waals surface area contributed by atoms with Crippen molar-refractivity contribution in [2.24, 2.45) is 12.0 Å². The van der Waals surface area contributed by atoms with Gasteiger partial charge in [-0.15, -0.1) is 10.2 Å². The minimum Gasteiger partial charge on any atom is -0.376 e. The average molecular weight is 424 g/mol. The van der Waals surface area contributed by atoms with E-state index in [2.05, 4.69) is 57.1 Å². The van der Waals surface area contributed by atoms with Crippen molar-refractivity contribution in [2.45, 2.75) is 52.2 Å². The number of hydrogen-bond donors (Lipinski definition) is 3. The van der Waals surface area contributed by atoms with Crippen LogP contribution in [0.15, 0.2) is 29.4 Å². The van der Waals surface area contributed by atoms with Gasteiger partial charge in [-0.2, -0.15) is 0 Å². The zero-order chi connectivity index (χ0) is 21.6. The predicted octanol–water partition coefficient (Wildman–Crippen LogP) is 2.62. The molecule has 8 nitrogen and oxygen atoms in total. The number of H-pyrrole nitrogens is 1. The van der Waals surface area contributed by atoms with Crippen molar-refractivity contribution in [1.29, 1.82) is 0 Å². The highest BCUT2D eigenvalue weighted by Gasteiger charge is 2.16. The van der Waals surface area contributed by atoms with Gasteiger partial charge >= 0.3 is 0 Å². The van der Waals surface area contributed by atoms with Crippen molar-refractivity contribution >= 4 is 16.9 Å². The van der Waals surface area contributed by atoms with Crippen molar-refractivity contribution in [2.75, 3.05) is 19.7 Å². The molecule has 0 saturated carbocycles. The number of para-hydroxylation sites is 1. The summed E-state index contributed by atoms with van der Waals surface area (Å²) in [5.74, 6) is 2.52. The Kier molecular flexibility index (Phi) is 6.86. The maximum atomic E-state index is 5.75. The molecule has 1 saturated heterocycles. The van der Waals surface area contributed by atoms with E-state index in [0.29, 0.717) is 6.54 Å². The van der Waals surface area contributed by atoms with Gasteiger partial charge in [-0.1, -0.05) is 25.1 Å². The van der Waals surface area contributed by atoms with Gasteiger partial charge in [0.1, 0.15) is 12.4 Å². The predicted molar refractivity (Wildman–Crippen MR) is 123 cm³/mol. The Hall–Kier alpha value is -2.87. The zero-order valence-electron chi connectivity index (χ0n) is 18.7. The summed E-state index contributed by atoms with van der Waals surface area (Å²) in [7, 11) is 1.97. The second-order valence-electron chi connectivity index (χ2n) is 8.09. The van der Waals surface area contributed by atoms with Gasteiger partial charge < -0.3 is 24.9 Å². The summed E-state index contributed by atoms with van der Waals surface area (Å²) in [6.07, 6.45) is 6.55. The third kappa shape index (κ3) is 5.07. The number of aromatic amines is 1. The zero-order valence-corrected chi connectivity index (χ0v) is 18.7. The minimum absolute atomic E-state index is 0.255. The average Bonchev–Trinajstić information content (AvgIpc) is 3.52. The SMILES string of the molecule is CCc1cccc2c(CCNC(=NCc3nnc(C)n3C)NCC3CCCO3)c[nH]c12. The summed E-state index contributed by atoms with van der Waals surface area (Å²) in [4.78, 5) is 8.20. The topological polar surface area (TPSA) is 92.2 Å². The number of hydrogen-bond acceptors (Lipinski definition) is 4. The molecular formula is C23H33N7O. The number of fused-ring (bicyclic) bond motifs is 1. The maximum absolute atomic E-state index is 5.75. The number of aliphatic imine (C=N–C) groups is 1. The first kappa shape index (κ1) is 21.4. The van der Waals surface area contributed by atoms with Crippen LogP contribution in [0.25, 0.3) is 10.9 Å². The summed E-state index contributed by atoms with van der Waals surface area (Å²) in [6, 6.07) is 6.53. The fraction of sp³-hybridized carbons (Fsp3) is 0.522. The summed E-state index contributed by atoms with van der Waals surface area (Å²) >= 11 is 0. The molecule has 166 valence electrons. The number of ether oxygens (including phenoxy) is 1. The molecule has 3 heterocycles. The minimum atomic E-state index is 0.255. The highest BCUT2D eigenvalue weighted by atomic mass is 16.5. The van der Waals surface area contributed by atoms with Crippen LogP contribution in [0.3, 0.4) is 0 Å². The number of benzene rings is 1. The molecule has 1 aliphatic rings. The van der Waals surface area contributed by atoms with E-state index in [9.17, 15) is 0 Å². The third-order valence-corrected chi connectivity index (χ3v) is 6.04. The van der Waals surface area contributed by atoms with Crippen LogP contribution in [0.5, 0.6) is 0 Å². The van der Waals surface area contributed by atoms with Gasteiger partial charge in [0, 0.05) is 43.8 Å². The number of aryl methyl sites for hydroxylation is 2. The molecule has 1 aromatic carbocycles. The van der Waals surface area contributed by atoms with Crippen LogP contribution in [-0.4, -0.2) is 51.5 Å². The van der Waals surface area contributed by atoms with Gasteiger partial charge in [-0.25, -0.2) is 4.99 Å². The lowest BCUT2D eigenvalue weighted by Gasteiger charge is -2.15. The third-order valence-electron chi connectivity index (χ3n) is 6.04. The van der Waals surface area contributed by atoms with E-state index in [-0.39, 0.29) is 6.10 Å². The molecule has 0 amide bonds. The van der Waals surface area contributed by atoms with E-state index in [1.54, 1.807) is 0 Å². The van der Waals surface area contributed by atoms with Gasteiger partial charge in [0.05, 0.1) is 6.10 Å². The lowest BCUT2D eigenvalue weighted by molar-refractivity contribution is 0.114. The van der Waals surface area contributed by atoms with Gasteiger partial charge in [0.15, 0.2) is 11.8 Å². The molecule has 1 fully saturated rings. The molecule has 8 heteroatoms. The van der Waals surface area contributed by atoms with Crippen LogP contribution in [0.1, 0.15) is 42.5 Å². The molecule has 0 aliphatic carbocycles. The maximum Gasteiger partial charge on any atom is 0.191 e. The van der Waals surface area contributed by atoms with Crippen molar-refractivity contribution in [3.05, 3.63) is 47.2 Å². The fourth-order valence-electron chi connectivity index (χ4n) is 4.02.